The molecular weight excluding hydrogens is 427 g/mol. The summed E-state index contributed by atoms with van der Waals surface area (Å²) in [6.45, 7) is 1.90. The van der Waals surface area contributed by atoms with Crippen molar-refractivity contribution in [3.63, 3.8) is 0 Å². The van der Waals surface area contributed by atoms with Crippen molar-refractivity contribution >= 4 is 11.8 Å². The second kappa shape index (κ2) is 10.3. The molecule has 3 heterocycles. The SMILES string of the molecule is COC[C@H]1CCCN1c1ccccn1.O=C(O)c1nc(-c2ccccc2)oc1C(F)(F)F. The van der Waals surface area contributed by atoms with Crippen LogP contribution in [0.3, 0.4) is 0 Å². The molecule has 2 aromatic heterocycles. The van der Waals surface area contributed by atoms with E-state index in [4.69, 9.17) is 9.84 Å². The average molecular weight is 449 g/mol. The van der Waals surface area contributed by atoms with Crippen LogP contribution in [0.2, 0.25) is 0 Å². The van der Waals surface area contributed by atoms with Gasteiger partial charge >= 0.3 is 12.1 Å². The van der Waals surface area contributed by atoms with Crippen molar-refractivity contribution in [2.75, 3.05) is 25.2 Å². The monoisotopic (exact) mass is 449 g/mol. The van der Waals surface area contributed by atoms with E-state index in [1.165, 1.54) is 25.0 Å². The number of halogens is 3. The van der Waals surface area contributed by atoms with Crippen molar-refractivity contribution in [3.05, 3.63) is 66.2 Å². The topological polar surface area (TPSA) is 88.7 Å². The maximum Gasteiger partial charge on any atom is 0.452 e. The number of rotatable bonds is 5. The van der Waals surface area contributed by atoms with Crippen molar-refractivity contribution in [3.8, 4) is 11.5 Å². The molecule has 0 unspecified atom stereocenters. The summed E-state index contributed by atoms with van der Waals surface area (Å²) in [5.41, 5.74) is -0.864. The molecule has 3 aromatic rings. The predicted molar refractivity (Wildman–Crippen MR) is 110 cm³/mol. The van der Waals surface area contributed by atoms with Gasteiger partial charge in [-0.1, -0.05) is 24.3 Å². The first-order chi connectivity index (χ1) is 15.3. The third-order valence-corrected chi connectivity index (χ3v) is 4.79. The van der Waals surface area contributed by atoms with Crippen molar-refractivity contribution < 1.29 is 32.2 Å². The van der Waals surface area contributed by atoms with Gasteiger partial charge in [0, 0.05) is 25.4 Å². The van der Waals surface area contributed by atoms with Crippen molar-refractivity contribution in [2.24, 2.45) is 0 Å². The van der Waals surface area contributed by atoms with E-state index in [1.54, 1.807) is 25.3 Å². The minimum absolute atomic E-state index is 0.274. The second-order valence-corrected chi connectivity index (χ2v) is 7.00. The molecule has 0 saturated carbocycles. The van der Waals surface area contributed by atoms with Gasteiger partial charge in [0.25, 0.3) is 0 Å². The van der Waals surface area contributed by atoms with Crippen LogP contribution in [0.1, 0.15) is 29.1 Å². The molecule has 0 radical (unpaired) electrons. The number of pyridine rings is 1. The molecule has 0 spiro atoms. The Morgan fingerprint density at radius 2 is 1.94 bits per heavy atom. The lowest BCUT2D eigenvalue weighted by Gasteiger charge is -2.24. The molecule has 1 aliphatic heterocycles. The molecule has 1 N–H and O–H groups in total. The Bertz CT molecular complexity index is 1010. The zero-order valence-electron chi connectivity index (χ0n) is 17.2. The molecule has 10 heteroatoms. The Morgan fingerprint density at radius 3 is 2.50 bits per heavy atom. The number of hydrogen-bond donors (Lipinski definition) is 1. The summed E-state index contributed by atoms with van der Waals surface area (Å²) in [5, 5.41) is 8.67. The summed E-state index contributed by atoms with van der Waals surface area (Å²) in [5.74, 6) is -2.69. The number of aromatic carboxylic acids is 1. The number of hydrogen-bond acceptors (Lipinski definition) is 6. The minimum Gasteiger partial charge on any atom is -0.476 e. The molecule has 0 aliphatic carbocycles. The number of alkyl halides is 3. The first-order valence-electron chi connectivity index (χ1n) is 9.84. The number of nitrogens with zero attached hydrogens (tertiary/aromatic N) is 3. The van der Waals surface area contributed by atoms with Gasteiger partial charge in [-0.05, 0) is 37.1 Å². The third kappa shape index (κ3) is 5.64. The van der Waals surface area contributed by atoms with E-state index in [1.807, 2.05) is 18.3 Å². The molecule has 7 nitrogen and oxygen atoms in total. The fourth-order valence-corrected chi connectivity index (χ4v) is 3.39. The standard InChI is InChI=1S/C11H6F3NO3.C11H16N2O/c12-11(13,14)8-7(10(16)17)15-9(18-8)6-4-2-1-3-5-6;1-14-9-10-5-4-8-13(10)11-6-2-3-7-12-11/h1-5H,(H,16,17);2-3,6-7,10H,4-5,8-9H2,1H3/t;10-/m.1/s1. The van der Waals surface area contributed by atoms with Crippen molar-refractivity contribution in [1.82, 2.24) is 9.97 Å². The summed E-state index contributed by atoms with van der Waals surface area (Å²) >= 11 is 0. The third-order valence-electron chi connectivity index (χ3n) is 4.79. The molecule has 4 rings (SSSR count). The smallest absolute Gasteiger partial charge is 0.452 e. The van der Waals surface area contributed by atoms with Crippen LogP contribution in [0.5, 0.6) is 0 Å². The van der Waals surface area contributed by atoms with Gasteiger partial charge in [-0.25, -0.2) is 14.8 Å². The molecule has 1 atom stereocenters. The molecule has 1 aliphatic rings. The highest BCUT2D eigenvalue weighted by atomic mass is 19.4. The Balaban J connectivity index is 0.000000186. The van der Waals surface area contributed by atoms with E-state index in [-0.39, 0.29) is 11.5 Å². The number of aromatic nitrogens is 2. The maximum absolute atomic E-state index is 12.5. The molecule has 170 valence electrons. The molecule has 0 bridgehead atoms. The summed E-state index contributed by atoms with van der Waals surface area (Å²) in [6, 6.07) is 14.3. The van der Waals surface area contributed by atoms with Crippen LogP contribution in [0.25, 0.3) is 11.5 Å². The average Bonchev–Trinajstić information content (AvgIpc) is 3.43. The van der Waals surface area contributed by atoms with E-state index >= 15 is 0 Å². The van der Waals surface area contributed by atoms with E-state index in [9.17, 15) is 18.0 Å². The minimum atomic E-state index is -4.90. The number of oxazole rings is 1. The Kier molecular flexibility index (Phi) is 7.47. The lowest BCUT2D eigenvalue weighted by molar-refractivity contribution is -0.153. The number of anilines is 1. The van der Waals surface area contributed by atoms with E-state index in [2.05, 4.69) is 25.4 Å². The van der Waals surface area contributed by atoms with E-state index < -0.39 is 23.6 Å². The molecule has 32 heavy (non-hydrogen) atoms. The van der Waals surface area contributed by atoms with Gasteiger partial charge in [0.1, 0.15) is 5.82 Å². The van der Waals surface area contributed by atoms with Crippen LogP contribution in [-0.4, -0.2) is 47.3 Å². The van der Waals surface area contributed by atoms with Gasteiger partial charge in [-0.2, -0.15) is 13.2 Å². The summed E-state index contributed by atoms with van der Waals surface area (Å²) in [6.07, 6.45) is -0.597. The number of carboxylic acids is 1. The predicted octanol–water partition coefficient (Wildman–Crippen LogP) is 4.76. The number of methoxy groups -OCH3 is 1. The van der Waals surface area contributed by atoms with E-state index in [0.29, 0.717) is 6.04 Å². The van der Waals surface area contributed by atoms with Crippen LogP contribution >= 0.6 is 0 Å². The van der Waals surface area contributed by atoms with Gasteiger partial charge in [-0.15, -0.1) is 0 Å². The summed E-state index contributed by atoms with van der Waals surface area (Å²) in [4.78, 5) is 20.8. The van der Waals surface area contributed by atoms with Crippen LogP contribution < -0.4 is 4.90 Å². The van der Waals surface area contributed by atoms with Gasteiger partial charge in [0.15, 0.2) is 5.69 Å². The van der Waals surface area contributed by atoms with Gasteiger partial charge in [0.05, 0.1) is 12.6 Å². The second-order valence-electron chi connectivity index (χ2n) is 7.00. The highest BCUT2D eigenvalue weighted by molar-refractivity contribution is 5.87. The fraction of sp³-hybridized carbons (Fsp3) is 0.318. The number of carboxylic acid groups (broad SMARTS) is 1. The van der Waals surface area contributed by atoms with Gasteiger partial charge in [-0.3, -0.25) is 0 Å². The number of benzene rings is 1. The van der Waals surface area contributed by atoms with Gasteiger partial charge < -0.3 is 19.2 Å². The fourth-order valence-electron chi connectivity index (χ4n) is 3.39. The Morgan fingerprint density at radius 1 is 1.22 bits per heavy atom. The lowest BCUT2D eigenvalue weighted by Crippen LogP contribution is -2.33. The van der Waals surface area contributed by atoms with Gasteiger partial charge in [0.2, 0.25) is 11.7 Å². The zero-order valence-corrected chi connectivity index (χ0v) is 17.2. The van der Waals surface area contributed by atoms with Crippen LogP contribution in [0.4, 0.5) is 19.0 Å². The van der Waals surface area contributed by atoms with E-state index in [0.717, 1.165) is 19.0 Å². The largest absolute Gasteiger partial charge is 0.476 e. The lowest BCUT2D eigenvalue weighted by atomic mass is 10.2. The maximum atomic E-state index is 12.5. The number of ether oxygens (including phenoxy) is 1. The first-order valence-corrected chi connectivity index (χ1v) is 9.84. The summed E-state index contributed by atoms with van der Waals surface area (Å²) < 4.78 is 47.3. The van der Waals surface area contributed by atoms with Crippen molar-refractivity contribution in [1.29, 1.82) is 0 Å². The van der Waals surface area contributed by atoms with Crippen LogP contribution in [0, 0.1) is 0 Å². The molecule has 1 fully saturated rings. The van der Waals surface area contributed by atoms with Crippen molar-refractivity contribution in [2.45, 2.75) is 25.1 Å². The highest BCUT2D eigenvalue weighted by Gasteiger charge is 2.42. The molecule has 1 aromatic carbocycles. The zero-order chi connectivity index (χ0) is 23.1. The van der Waals surface area contributed by atoms with Crippen LogP contribution in [-0.2, 0) is 10.9 Å². The Hall–Kier alpha value is -3.40. The number of carbonyl (C=O) groups is 1. The summed E-state index contributed by atoms with van der Waals surface area (Å²) in [7, 11) is 1.76. The molecular formula is C22H22F3N3O4. The van der Waals surface area contributed by atoms with Crippen LogP contribution in [0.15, 0.2) is 59.1 Å². The quantitative estimate of drug-likeness (QED) is 0.601. The highest BCUT2D eigenvalue weighted by Crippen LogP contribution is 2.35. The normalized spacial score (nSPS) is 15.9. The molecule has 0 amide bonds. The first kappa shape index (κ1) is 23.3. The molecule has 1 saturated heterocycles. The Labute approximate surface area is 182 Å².